The maximum absolute atomic E-state index is 11.1. The quantitative estimate of drug-likeness (QED) is 0.279. The molecule has 5 N–H and O–H groups in total. The van der Waals surface area contributed by atoms with Gasteiger partial charge in [0.25, 0.3) is 0 Å². The van der Waals surface area contributed by atoms with Crippen LogP contribution < -0.4 is 11.1 Å². The molecule has 7 nitrogen and oxygen atoms in total. The predicted molar refractivity (Wildman–Crippen MR) is 99.9 cm³/mol. The van der Waals surface area contributed by atoms with Crippen LogP contribution in [0.3, 0.4) is 0 Å². The van der Waals surface area contributed by atoms with Crippen LogP contribution in [-0.4, -0.2) is 41.6 Å². The van der Waals surface area contributed by atoms with Crippen molar-refractivity contribution in [2.75, 3.05) is 24.1 Å². The van der Waals surface area contributed by atoms with Crippen molar-refractivity contribution in [2.24, 2.45) is 9.98 Å². The lowest BCUT2D eigenvalue weighted by molar-refractivity contribution is -0.114. The van der Waals surface area contributed by atoms with Crippen LogP contribution in [0.2, 0.25) is 0 Å². The molecular formula is C18H20N4O3. The summed E-state index contributed by atoms with van der Waals surface area (Å²) in [5, 5.41) is 22.1. The van der Waals surface area contributed by atoms with Gasteiger partial charge in [-0.15, -0.1) is 0 Å². The van der Waals surface area contributed by atoms with Crippen molar-refractivity contribution in [3.8, 4) is 11.5 Å². The first kappa shape index (κ1) is 18.0. The molecule has 1 amide bonds. The number of benzene rings is 2. The second-order valence-electron chi connectivity index (χ2n) is 5.34. The third-order valence-corrected chi connectivity index (χ3v) is 3.22. The number of hydrogen-bond acceptors (Lipinski definition) is 6. The van der Waals surface area contributed by atoms with Gasteiger partial charge in [0.2, 0.25) is 5.91 Å². The summed E-state index contributed by atoms with van der Waals surface area (Å²) in [7, 11) is 0. The van der Waals surface area contributed by atoms with Gasteiger partial charge in [0.1, 0.15) is 11.5 Å². The predicted octanol–water partition coefficient (Wildman–Crippen LogP) is 2.18. The topological polar surface area (TPSA) is 120 Å². The number of nitrogens with two attached hydrogens (primary N) is 1. The van der Waals surface area contributed by atoms with E-state index >= 15 is 0 Å². The van der Waals surface area contributed by atoms with Crippen LogP contribution in [0, 0.1) is 0 Å². The number of nitrogens with zero attached hydrogens (tertiary/aromatic N) is 2. The molecule has 0 aliphatic carbocycles. The summed E-state index contributed by atoms with van der Waals surface area (Å²) in [6, 6.07) is 9.49. The zero-order chi connectivity index (χ0) is 18.2. The first-order chi connectivity index (χ1) is 12.0. The highest BCUT2D eigenvalue weighted by Crippen LogP contribution is 2.20. The average molecular weight is 340 g/mol. The lowest BCUT2D eigenvalue weighted by Gasteiger charge is -2.04. The van der Waals surface area contributed by atoms with Crippen LogP contribution >= 0.6 is 0 Å². The lowest BCUT2D eigenvalue weighted by atomic mass is 10.2. The van der Waals surface area contributed by atoms with Gasteiger partial charge in [0.15, 0.2) is 0 Å². The molecule has 0 saturated carbocycles. The molecule has 0 spiro atoms. The van der Waals surface area contributed by atoms with E-state index in [-0.39, 0.29) is 17.4 Å². The van der Waals surface area contributed by atoms with E-state index < -0.39 is 0 Å². The molecule has 2 rings (SSSR count). The molecule has 0 heterocycles. The summed E-state index contributed by atoms with van der Waals surface area (Å²) in [5.74, 6) is -0.0000802. The monoisotopic (exact) mass is 340 g/mol. The second kappa shape index (κ2) is 8.49. The lowest BCUT2D eigenvalue weighted by Crippen LogP contribution is -2.05. The van der Waals surface area contributed by atoms with Crippen LogP contribution in [0.5, 0.6) is 11.5 Å². The molecule has 0 aliphatic heterocycles. The minimum absolute atomic E-state index is 0.0750. The number of amides is 1. The van der Waals surface area contributed by atoms with Crippen LogP contribution in [-0.2, 0) is 4.79 Å². The smallest absolute Gasteiger partial charge is 0.221 e. The minimum Gasteiger partial charge on any atom is -0.507 e. The molecule has 0 fully saturated rings. The van der Waals surface area contributed by atoms with Crippen molar-refractivity contribution in [3.63, 3.8) is 0 Å². The molecule has 2 aromatic rings. The van der Waals surface area contributed by atoms with E-state index in [1.807, 2.05) is 0 Å². The molecule has 0 radical (unpaired) electrons. The summed E-state index contributed by atoms with van der Waals surface area (Å²) in [6.07, 6.45) is 3.06. The van der Waals surface area contributed by atoms with Crippen molar-refractivity contribution in [3.05, 3.63) is 47.5 Å². The number of phenolic OH excluding ortho intramolecular Hbond substituents is 2. The number of nitrogen functional groups attached to an aromatic ring is 1. The second-order valence-corrected chi connectivity index (χ2v) is 5.34. The summed E-state index contributed by atoms with van der Waals surface area (Å²) < 4.78 is 0. The third-order valence-electron chi connectivity index (χ3n) is 3.22. The van der Waals surface area contributed by atoms with E-state index in [1.54, 1.807) is 24.3 Å². The van der Waals surface area contributed by atoms with Gasteiger partial charge in [0, 0.05) is 41.9 Å². The Balaban J connectivity index is 1.92. The number of rotatable bonds is 6. The number of phenols is 2. The Morgan fingerprint density at radius 1 is 1.04 bits per heavy atom. The Labute approximate surface area is 145 Å². The highest BCUT2D eigenvalue weighted by molar-refractivity contribution is 5.91. The highest BCUT2D eigenvalue weighted by atomic mass is 16.3. The number of aliphatic imine (C=N–C) groups is 2. The van der Waals surface area contributed by atoms with Gasteiger partial charge in [0.05, 0.1) is 13.1 Å². The Morgan fingerprint density at radius 3 is 2.20 bits per heavy atom. The molecule has 2 aromatic carbocycles. The maximum Gasteiger partial charge on any atom is 0.221 e. The van der Waals surface area contributed by atoms with Gasteiger partial charge in [-0.05, 0) is 36.4 Å². The molecule has 0 unspecified atom stereocenters. The molecule has 0 bridgehead atoms. The van der Waals surface area contributed by atoms with E-state index in [0.29, 0.717) is 35.6 Å². The molecule has 0 atom stereocenters. The van der Waals surface area contributed by atoms with E-state index in [2.05, 4.69) is 15.3 Å². The van der Waals surface area contributed by atoms with Crippen LogP contribution in [0.4, 0.5) is 11.4 Å². The standard InChI is InChI=1S/C18H20N4O3/c1-12(23)22-16-3-5-18(25)14(9-16)11-21-7-6-20-10-13-8-15(19)2-4-17(13)24/h2-5,8-11,24-25H,6-7,19H2,1H3,(H,22,23). The van der Waals surface area contributed by atoms with Gasteiger partial charge in [-0.1, -0.05) is 0 Å². The van der Waals surface area contributed by atoms with Crippen molar-refractivity contribution in [1.82, 2.24) is 0 Å². The van der Waals surface area contributed by atoms with Crippen LogP contribution in [0.1, 0.15) is 18.1 Å². The van der Waals surface area contributed by atoms with E-state index in [4.69, 9.17) is 5.73 Å². The molecule has 7 heteroatoms. The Bertz CT molecular complexity index is 816. The summed E-state index contributed by atoms with van der Waals surface area (Å²) >= 11 is 0. The van der Waals surface area contributed by atoms with E-state index in [9.17, 15) is 15.0 Å². The maximum atomic E-state index is 11.1. The summed E-state index contributed by atoms with van der Waals surface area (Å²) in [6.45, 7) is 2.23. The Morgan fingerprint density at radius 2 is 1.60 bits per heavy atom. The molecule has 25 heavy (non-hydrogen) atoms. The number of hydrogen-bond donors (Lipinski definition) is 4. The number of anilines is 2. The van der Waals surface area contributed by atoms with Gasteiger partial charge < -0.3 is 21.3 Å². The number of aromatic hydroxyl groups is 2. The van der Waals surface area contributed by atoms with Gasteiger partial charge in [-0.25, -0.2) is 0 Å². The van der Waals surface area contributed by atoms with Crippen molar-refractivity contribution in [2.45, 2.75) is 6.92 Å². The van der Waals surface area contributed by atoms with Gasteiger partial charge in [-0.3, -0.25) is 14.8 Å². The SMILES string of the molecule is CC(=O)Nc1ccc(O)c(C=NCCN=Cc2cc(N)ccc2O)c1. The number of nitrogens with one attached hydrogen (secondary N) is 1. The van der Waals surface area contributed by atoms with Crippen molar-refractivity contribution < 1.29 is 15.0 Å². The summed E-state index contributed by atoms with van der Waals surface area (Å²) in [4.78, 5) is 19.4. The van der Waals surface area contributed by atoms with Gasteiger partial charge >= 0.3 is 0 Å². The zero-order valence-electron chi connectivity index (χ0n) is 13.8. The Kier molecular flexibility index (Phi) is 6.11. The third kappa shape index (κ3) is 5.65. The molecular weight excluding hydrogens is 320 g/mol. The normalized spacial score (nSPS) is 11.2. The van der Waals surface area contributed by atoms with Crippen molar-refractivity contribution in [1.29, 1.82) is 0 Å². The fraction of sp³-hybridized carbons (Fsp3) is 0.167. The molecule has 0 saturated heterocycles. The van der Waals surface area contributed by atoms with Crippen LogP contribution in [0.15, 0.2) is 46.4 Å². The van der Waals surface area contributed by atoms with Gasteiger partial charge in [-0.2, -0.15) is 0 Å². The number of carbonyl (C=O) groups excluding carboxylic acids is 1. The number of carbonyl (C=O) groups is 1. The highest BCUT2D eigenvalue weighted by Gasteiger charge is 2.02. The van der Waals surface area contributed by atoms with Crippen LogP contribution in [0.25, 0.3) is 0 Å². The van der Waals surface area contributed by atoms with E-state index in [1.165, 1.54) is 31.5 Å². The fourth-order valence-electron chi connectivity index (χ4n) is 2.06. The van der Waals surface area contributed by atoms with E-state index in [0.717, 1.165) is 0 Å². The molecule has 0 aromatic heterocycles. The Hall–Kier alpha value is -3.35. The summed E-state index contributed by atoms with van der Waals surface area (Å²) in [5.41, 5.74) is 7.84. The first-order valence-electron chi connectivity index (χ1n) is 7.64. The minimum atomic E-state index is -0.187. The molecule has 0 aliphatic rings. The first-order valence-corrected chi connectivity index (χ1v) is 7.64. The largest absolute Gasteiger partial charge is 0.507 e. The molecule has 130 valence electrons. The average Bonchev–Trinajstić information content (AvgIpc) is 2.56. The zero-order valence-corrected chi connectivity index (χ0v) is 13.8. The van der Waals surface area contributed by atoms with Crippen molar-refractivity contribution >= 4 is 29.7 Å². The fourth-order valence-corrected chi connectivity index (χ4v) is 2.06.